The number of nitrogens with one attached hydrogen (secondary N) is 1. The van der Waals surface area contributed by atoms with Crippen LogP contribution in [0.1, 0.15) is 69.2 Å². The molecule has 0 aromatic carbocycles. The van der Waals surface area contributed by atoms with Gasteiger partial charge in [-0.3, -0.25) is 9.97 Å². The number of pyridine rings is 1. The average Bonchev–Trinajstić information content (AvgIpc) is 2.81. The van der Waals surface area contributed by atoms with E-state index in [1.165, 1.54) is 44.9 Å². The minimum absolute atomic E-state index is 0.626. The van der Waals surface area contributed by atoms with Gasteiger partial charge in [-0.05, 0) is 50.5 Å². The van der Waals surface area contributed by atoms with Gasteiger partial charge in [-0.15, -0.1) is 0 Å². The number of hydrogen-bond acceptors (Lipinski definition) is 5. The zero-order valence-corrected chi connectivity index (χ0v) is 19.5. The lowest BCUT2D eigenvalue weighted by molar-refractivity contribution is 0.0699. The first kappa shape index (κ1) is 22.5. The fourth-order valence-corrected chi connectivity index (χ4v) is 5.03. The molecule has 1 saturated heterocycles. The highest BCUT2D eigenvalue weighted by molar-refractivity contribution is 6.33. The minimum atomic E-state index is 0.626. The van der Waals surface area contributed by atoms with Gasteiger partial charge in [-0.2, -0.15) is 0 Å². The summed E-state index contributed by atoms with van der Waals surface area (Å²) < 4.78 is 5.45. The Morgan fingerprint density at radius 3 is 2.65 bits per heavy atom. The summed E-state index contributed by atoms with van der Waals surface area (Å²) in [6.45, 7) is 4.60. The van der Waals surface area contributed by atoms with Gasteiger partial charge in [0.15, 0.2) is 0 Å². The molecule has 3 heterocycles. The van der Waals surface area contributed by atoms with Gasteiger partial charge < -0.3 is 10.1 Å². The van der Waals surface area contributed by atoms with Crippen molar-refractivity contribution in [2.75, 3.05) is 25.1 Å². The number of aromatic nitrogens is 3. The molecule has 2 aromatic rings. The maximum atomic E-state index is 6.55. The summed E-state index contributed by atoms with van der Waals surface area (Å²) in [5.41, 5.74) is 3.76. The molecule has 2 fully saturated rings. The molecule has 2 aliphatic rings. The Morgan fingerprint density at radius 2 is 1.84 bits per heavy atom. The molecule has 0 radical (unpaired) electrons. The number of aryl methyl sites for hydroxylation is 2. The Bertz CT molecular complexity index is 847. The molecular weight excluding hydrogens is 408 g/mol. The van der Waals surface area contributed by atoms with Gasteiger partial charge in [0.05, 0.1) is 22.6 Å². The average molecular weight is 443 g/mol. The van der Waals surface area contributed by atoms with Gasteiger partial charge in [-0.1, -0.05) is 50.1 Å². The van der Waals surface area contributed by atoms with Crippen molar-refractivity contribution >= 4 is 17.4 Å². The molecule has 0 atom stereocenters. The lowest BCUT2D eigenvalue weighted by Crippen LogP contribution is -2.23. The molecule has 2 aromatic heterocycles. The maximum absolute atomic E-state index is 6.55. The van der Waals surface area contributed by atoms with E-state index in [1.807, 2.05) is 13.1 Å². The highest BCUT2D eigenvalue weighted by Gasteiger charge is 2.16. The molecule has 0 bridgehead atoms. The second kappa shape index (κ2) is 11.2. The van der Waals surface area contributed by atoms with Gasteiger partial charge in [0.25, 0.3) is 0 Å². The summed E-state index contributed by atoms with van der Waals surface area (Å²) in [5.74, 6) is 2.34. The fourth-order valence-electron chi connectivity index (χ4n) is 4.84. The van der Waals surface area contributed by atoms with Crippen LogP contribution in [0.5, 0.6) is 0 Å². The minimum Gasteiger partial charge on any atom is -0.381 e. The van der Waals surface area contributed by atoms with Crippen molar-refractivity contribution in [3.05, 3.63) is 34.9 Å². The second-order valence-corrected chi connectivity index (χ2v) is 9.58. The van der Waals surface area contributed by atoms with Crippen molar-refractivity contribution in [3.63, 3.8) is 0 Å². The van der Waals surface area contributed by atoms with Crippen molar-refractivity contribution < 1.29 is 4.74 Å². The Labute approximate surface area is 191 Å². The molecule has 6 heteroatoms. The quantitative estimate of drug-likeness (QED) is 0.524. The van der Waals surface area contributed by atoms with E-state index in [0.29, 0.717) is 10.9 Å². The third-order valence-electron chi connectivity index (χ3n) is 6.81. The number of rotatable bonds is 8. The lowest BCUT2D eigenvalue weighted by atomic mass is 9.85. The first-order chi connectivity index (χ1) is 15.2. The second-order valence-electron chi connectivity index (χ2n) is 9.18. The van der Waals surface area contributed by atoms with Crippen LogP contribution in [0.25, 0.3) is 11.3 Å². The van der Waals surface area contributed by atoms with Crippen molar-refractivity contribution in [3.8, 4) is 11.3 Å². The SMILES string of the molecule is Cc1ncc(NCC2CCOCC2)nc1-c1cc(CCCC2CCCCC2)ncc1Cl. The molecule has 168 valence electrons. The molecule has 1 saturated carbocycles. The van der Waals surface area contributed by atoms with Gasteiger partial charge in [0, 0.05) is 37.2 Å². The van der Waals surface area contributed by atoms with Crippen molar-refractivity contribution in [2.45, 2.75) is 71.1 Å². The van der Waals surface area contributed by atoms with Gasteiger partial charge >= 0.3 is 0 Å². The summed E-state index contributed by atoms with van der Waals surface area (Å²) >= 11 is 6.55. The van der Waals surface area contributed by atoms with Crippen LogP contribution in [0.15, 0.2) is 18.5 Å². The van der Waals surface area contributed by atoms with Crippen LogP contribution in [0.2, 0.25) is 5.02 Å². The third kappa shape index (κ3) is 6.39. The van der Waals surface area contributed by atoms with E-state index < -0.39 is 0 Å². The van der Waals surface area contributed by atoms with E-state index in [0.717, 1.165) is 73.4 Å². The summed E-state index contributed by atoms with van der Waals surface area (Å²) in [4.78, 5) is 14.0. The van der Waals surface area contributed by atoms with E-state index >= 15 is 0 Å². The summed E-state index contributed by atoms with van der Waals surface area (Å²) in [6, 6.07) is 2.11. The van der Waals surface area contributed by atoms with Crippen molar-refractivity contribution in [1.29, 1.82) is 0 Å². The van der Waals surface area contributed by atoms with Crippen LogP contribution in [0.3, 0.4) is 0 Å². The van der Waals surface area contributed by atoms with Crippen LogP contribution >= 0.6 is 11.6 Å². The number of nitrogens with zero attached hydrogens (tertiary/aromatic N) is 3. The lowest BCUT2D eigenvalue weighted by Gasteiger charge is -2.22. The summed E-state index contributed by atoms with van der Waals surface area (Å²) in [6.07, 6.45) is 16.3. The number of hydrogen-bond donors (Lipinski definition) is 1. The molecule has 0 unspecified atom stereocenters. The molecule has 1 aliphatic heterocycles. The summed E-state index contributed by atoms with van der Waals surface area (Å²) in [5, 5.41) is 4.10. The van der Waals surface area contributed by atoms with E-state index in [9.17, 15) is 0 Å². The normalized spacial score (nSPS) is 18.3. The Balaban J connectivity index is 1.41. The molecule has 5 nitrogen and oxygen atoms in total. The van der Waals surface area contributed by atoms with Crippen LogP contribution in [-0.2, 0) is 11.2 Å². The largest absolute Gasteiger partial charge is 0.381 e. The van der Waals surface area contributed by atoms with Gasteiger partial charge in [-0.25, -0.2) is 4.98 Å². The Kier molecular flexibility index (Phi) is 8.15. The Morgan fingerprint density at radius 1 is 1.03 bits per heavy atom. The zero-order chi connectivity index (χ0) is 21.5. The molecule has 31 heavy (non-hydrogen) atoms. The monoisotopic (exact) mass is 442 g/mol. The van der Waals surface area contributed by atoms with Crippen LogP contribution in [-0.4, -0.2) is 34.7 Å². The third-order valence-corrected chi connectivity index (χ3v) is 7.11. The Hall–Kier alpha value is -1.72. The molecule has 1 aliphatic carbocycles. The van der Waals surface area contributed by atoms with Crippen molar-refractivity contribution in [1.82, 2.24) is 15.0 Å². The van der Waals surface area contributed by atoms with Gasteiger partial charge in [0.1, 0.15) is 5.82 Å². The summed E-state index contributed by atoms with van der Waals surface area (Å²) in [7, 11) is 0. The zero-order valence-electron chi connectivity index (χ0n) is 18.7. The van der Waals surface area contributed by atoms with E-state index in [-0.39, 0.29) is 0 Å². The van der Waals surface area contributed by atoms with E-state index in [2.05, 4.69) is 21.4 Å². The molecule has 0 amide bonds. The molecular formula is C25H35ClN4O. The highest BCUT2D eigenvalue weighted by Crippen LogP contribution is 2.31. The molecule has 1 N–H and O–H groups in total. The van der Waals surface area contributed by atoms with E-state index in [1.54, 1.807) is 6.20 Å². The standard InChI is InChI=1S/C25H35ClN4O/c1-18-25(30-24(17-27-18)29-15-20-10-12-31-13-11-20)22-14-21(28-16-23(22)26)9-5-8-19-6-3-2-4-7-19/h14,16-17,19-20H,2-13,15H2,1H3,(H,29,30). The maximum Gasteiger partial charge on any atom is 0.145 e. The predicted octanol–water partition coefficient (Wildman–Crippen LogP) is 6.24. The molecule has 0 spiro atoms. The van der Waals surface area contributed by atoms with Crippen LogP contribution in [0, 0.1) is 18.8 Å². The highest BCUT2D eigenvalue weighted by atomic mass is 35.5. The van der Waals surface area contributed by atoms with E-state index in [4.69, 9.17) is 21.3 Å². The topological polar surface area (TPSA) is 59.9 Å². The number of ether oxygens (including phenoxy) is 1. The number of halogens is 1. The fraction of sp³-hybridized carbons (Fsp3) is 0.640. The van der Waals surface area contributed by atoms with Crippen molar-refractivity contribution in [2.24, 2.45) is 11.8 Å². The first-order valence-corrected chi connectivity index (χ1v) is 12.4. The van der Waals surface area contributed by atoms with Crippen LogP contribution < -0.4 is 5.32 Å². The number of anilines is 1. The molecule has 4 rings (SSSR count). The van der Waals surface area contributed by atoms with Gasteiger partial charge in [0.2, 0.25) is 0 Å². The smallest absolute Gasteiger partial charge is 0.145 e. The predicted molar refractivity (Wildman–Crippen MR) is 127 cm³/mol. The van der Waals surface area contributed by atoms with Crippen LogP contribution in [0.4, 0.5) is 5.82 Å². The first-order valence-electron chi connectivity index (χ1n) is 12.0.